The van der Waals surface area contributed by atoms with Crippen molar-refractivity contribution < 1.29 is 9.84 Å². The molecule has 27 heavy (non-hydrogen) atoms. The molecule has 1 N–H and O–H groups in total. The van der Waals surface area contributed by atoms with Gasteiger partial charge in [-0.05, 0) is 24.3 Å². The molecule has 5 nitrogen and oxygen atoms in total. The lowest BCUT2D eigenvalue weighted by molar-refractivity contribution is 0.405. The zero-order chi connectivity index (χ0) is 18.6. The van der Waals surface area contributed by atoms with Gasteiger partial charge in [-0.1, -0.05) is 48.5 Å². The van der Waals surface area contributed by atoms with E-state index in [1.165, 1.54) is 0 Å². The highest BCUT2D eigenvalue weighted by molar-refractivity contribution is 6.13. The van der Waals surface area contributed by atoms with E-state index >= 15 is 0 Å². The Kier molecular flexibility index (Phi) is 4.58. The molecule has 0 spiro atoms. The van der Waals surface area contributed by atoms with E-state index in [0.717, 1.165) is 17.1 Å². The van der Waals surface area contributed by atoms with Crippen molar-refractivity contribution in [3.8, 4) is 11.5 Å². The van der Waals surface area contributed by atoms with Gasteiger partial charge >= 0.3 is 0 Å². The Morgan fingerprint density at radius 2 is 1.63 bits per heavy atom. The third-order valence-corrected chi connectivity index (χ3v) is 4.44. The zero-order valence-electron chi connectivity index (χ0n) is 14.9. The fourth-order valence-corrected chi connectivity index (χ4v) is 3.14. The molecule has 0 amide bonds. The number of nitrogens with zero attached hydrogens (tertiary/aromatic N) is 3. The van der Waals surface area contributed by atoms with E-state index in [-0.39, 0.29) is 5.75 Å². The number of ether oxygens (including phenoxy) is 1. The predicted octanol–water partition coefficient (Wildman–Crippen LogP) is 4.39. The molecular weight excluding hydrogens is 338 g/mol. The quantitative estimate of drug-likeness (QED) is 0.753. The van der Waals surface area contributed by atoms with E-state index in [2.05, 4.69) is 9.98 Å². The summed E-state index contributed by atoms with van der Waals surface area (Å²) in [5.74, 6) is 1.50. The van der Waals surface area contributed by atoms with E-state index in [1.807, 2.05) is 77.7 Å². The van der Waals surface area contributed by atoms with Crippen LogP contribution >= 0.6 is 0 Å². The molecule has 0 saturated carbocycles. The molecular formula is C22H19N3O2. The molecule has 0 aliphatic carbocycles. The number of phenols is 1. The van der Waals surface area contributed by atoms with Crippen LogP contribution in [0.25, 0.3) is 0 Å². The second-order valence-electron chi connectivity index (χ2n) is 6.09. The zero-order valence-corrected chi connectivity index (χ0v) is 14.9. The molecule has 0 bridgehead atoms. The van der Waals surface area contributed by atoms with Gasteiger partial charge in [-0.15, -0.1) is 0 Å². The van der Waals surface area contributed by atoms with Crippen molar-refractivity contribution in [3.63, 3.8) is 0 Å². The molecule has 134 valence electrons. The number of phenolic OH excluding ortho intramolecular Hbond substituents is 1. The molecule has 3 aromatic rings. The van der Waals surface area contributed by atoms with E-state index in [0.29, 0.717) is 11.3 Å². The average Bonchev–Trinajstić information content (AvgIpc) is 2.74. The van der Waals surface area contributed by atoms with Gasteiger partial charge in [0.15, 0.2) is 6.17 Å². The highest BCUT2D eigenvalue weighted by Gasteiger charge is 2.29. The van der Waals surface area contributed by atoms with Gasteiger partial charge in [0, 0.05) is 22.9 Å². The lowest BCUT2D eigenvalue weighted by atomic mass is 10.1. The number of anilines is 1. The van der Waals surface area contributed by atoms with Crippen LogP contribution in [0.15, 0.2) is 88.8 Å². The second-order valence-corrected chi connectivity index (χ2v) is 6.09. The van der Waals surface area contributed by atoms with Crippen molar-refractivity contribution in [2.45, 2.75) is 6.17 Å². The Labute approximate surface area is 157 Å². The molecule has 1 aliphatic heterocycles. The molecule has 0 fully saturated rings. The summed E-state index contributed by atoms with van der Waals surface area (Å²) in [6.45, 7) is 0. The van der Waals surface area contributed by atoms with Crippen molar-refractivity contribution in [2.75, 3.05) is 12.0 Å². The Morgan fingerprint density at radius 3 is 2.30 bits per heavy atom. The normalized spacial score (nSPS) is 16.1. The van der Waals surface area contributed by atoms with Crippen LogP contribution in [0.4, 0.5) is 5.69 Å². The van der Waals surface area contributed by atoms with Crippen LogP contribution in [0, 0.1) is 0 Å². The SMILES string of the molecule is COc1ccc(C2N=CN=C(c3ccccc3)N2c2ccccc2)c(O)c1. The summed E-state index contributed by atoms with van der Waals surface area (Å²) in [6.07, 6.45) is 1.11. The fraction of sp³-hybridized carbons (Fsp3) is 0.0909. The van der Waals surface area contributed by atoms with Crippen LogP contribution in [0.5, 0.6) is 11.5 Å². The highest BCUT2D eigenvalue weighted by atomic mass is 16.5. The van der Waals surface area contributed by atoms with Crippen molar-refractivity contribution in [2.24, 2.45) is 9.98 Å². The minimum atomic E-state index is -0.439. The molecule has 1 aliphatic rings. The minimum absolute atomic E-state index is 0.131. The first-order valence-corrected chi connectivity index (χ1v) is 8.64. The van der Waals surface area contributed by atoms with Gasteiger partial charge in [-0.3, -0.25) is 4.90 Å². The summed E-state index contributed by atoms with van der Waals surface area (Å²) in [5, 5.41) is 10.6. The van der Waals surface area contributed by atoms with Gasteiger partial charge in [0.05, 0.1) is 7.11 Å². The first-order chi connectivity index (χ1) is 13.3. The number of para-hydroxylation sites is 1. The molecule has 0 saturated heterocycles. The number of amidine groups is 1. The third kappa shape index (κ3) is 3.27. The first-order valence-electron chi connectivity index (χ1n) is 8.64. The maximum Gasteiger partial charge on any atom is 0.157 e. The minimum Gasteiger partial charge on any atom is -0.507 e. The molecule has 4 rings (SSSR count). The summed E-state index contributed by atoms with van der Waals surface area (Å²) in [7, 11) is 1.57. The van der Waals surface area contributed by atoms with Gasteiger partial charge in [0.1, 0.15) is 23.7 Å². The largest absolute Gasteiger partial charge is 0.507 e. The Balaban J connectivity index is 1.84. The van der Waals surface area contributed by atoms with Crippen LogP contribution in [0.3, 0.4) is 0 Å². The van der Waals surface area contributed by atoms with Crippen LogP contribution in [0.1, 0.15) is 17.3 Å². The van der Waals surface area contributed by atoms with Crippen LogP contribution in [-0.4, -0.2) is 24.4 Å². The Bertz CT molecular complexity index is 985. The molecule has 1 atom stereocenters. The van der Waals surface area contributed by atoms with Crippen LogP contribution < -0.4 is 9.64 Å². The number of benzene rings is 3. The molecule has 5 heteroatoms. The lowest BCUT2D eigenvalue weighted by Gasteiger charge is -2.34. The third-order valence-electron chi connectivity index (χ3n) is 4.44. The predicted molar refractivity (Wildman–Crippen MR) is 108 cm³/mol. The number of hydrogen-bond acceptors (Lipinski definition) is 5. The van der Waals surface area contributed by atoms with E-state index in [9.17, 15) is 5.11 Å². The summed E-state index contributed by atoms with van der Waals surface area (Å²) in [4.78, 5) is 11.1. The molecule has 1 heterocycles. The van der Waals surface area contributed by atoms with Crippen molar-refractivity contribution in [3.05, 3.63) is 90.0 Å². The Morgan fingerprint density at radius 1 is 0.926 bits per heavy atom. The smallest absolute Gasteiger partial charge is 0.157 e. The van der Waals surface area contributed by atoms with Crippen LogP contribution in [-0.2, 0) is 0 Å². The monoisotopic (exact) mass is 357 g/mol. The standard InChI is InChI=1S/C22H19N3O2/c1-27-18-12-13-19(20(26)14-18)22-24-15-23-21(16-8-4-2-5-9-16)25(22)17-10-6-3-7-11-17/h2-15,22,26H,1H3. The van der Waals surface area contributed by atoms with E-state index in [1.54, 1.807) is 19.5 Å². The summed E-state index contributed by atoms with van der Waals surface area (Å²) >= 11 is 0. The average molecular weight is 357 g/mol. The number of aliphatic imine (C=N–C) groups is 2. The molecule has 0 aromatic heterocycles. The van der Waals surface area contributed by atoms with E-state index in [4.69, 9.17) is 4.74 Å². The number of rotatable bonds is 4. The number of methoxy groups -OCH3 is 1. The summed E-state index contributed by atoms with van der Waals surface area (Å²) in [5.41, 5.74) is 2.60. The number of aromatic hydroxyl groups is 1. The topological polar surface area (TPSA) is 57.4 Å². The Hall–Kier alpha value is -3.60. The van der Waals surface area contributed by atoms with Gasteiger partial charge in [0.25, 0.3) is 0 Å². The highest BCUT2D eigenvalue weighted by Crippen LogP contribution is 2.37. The van der Waals surface area contributed by atoms with Gasteiger partial charge in [-0.2, -0.15) is 0 Å². The van der Waals surface area contributed by atoms with Gasteiger partial charge in [0.2, 0.25) is 0 Å². The molecule has 1 unspecified atom stereocenters. The van der Waals surface area contributed by atoms with Crippen molar-refractivity contribution >= 4 is 17.9 Å². The van der Waals surface area contributed by atoms with E-state index < -0.39 is 6.17 Å². The lowest BCUT2D eigenvalue weighted by Crippen LogP contribution is -2.37. The first kappa shape index (κ1) is 16.8. The van der Waals surface area contributed by atoms with Gasteiger partial charge < -0.3 is 9.84 Å². The van der Waals surface area contributed by atoms with Crippen molar-refractivity contribution in [1.82, 2.24) is 0 Å². The van der Waals surface area contributed by atoms with Crippen LogP contribution in [0.2, 0.25) is 0 Å². The summed E-state index contributed by atoms with van der Waals surface area (Å²) in [6, 6.07) is 25.1. The molecule has 3 aromatic carbocycles. The fourth-order valence-electron chi connectivity index (χ4n) is 3.14. The second kappa shape index (κ2) is 7.33. The number of hydrogen-bond donors (Lipinski definition) is 1. The summed E-state index contributed by atoms with van der Waals surface area (Å²) < 4.78 is 5.20. The van der Waals surface area contributed by atoms with Crippen molar-refractivity contribution in [1.29, 1.82) is 0 Å². The maximum atomic E-state index is 10.6. The van der Waals surface area contributed by atoms with Gasteiger partial charge in [-0.25, -0.2) is 9.98 Å². The maximum absolute atomic E-state index is 10.6. The molecule has 0 radical (unpaired) electrons.